The van der Waals surface area contributed by atoms with E-state index < -0.39 is 29.0 Å². The SMILES string of the molecule is Nc1c(Nc2c(F)c(F)cc(F)c2F)ccc2scnc12. The number of hydrogen-bond acceptors (Lipinski definition) is 4. The van der Waals surface area contributed by atoms with Crippen LogP contribution in [0.4, 0.5) is 34.6 Å². The van der Waals surface area contributed by atoms with Gasteiger partial charge in [0.15, 0.2) is 23.3 Å². The molecule has 0 aliphatic rings. The third-order valence-electron chi connectivity index (χ3n) is 2.91. The topological polar surface area (TPSA) is 50.9 Å². The molecular weight excluding hydrogens is 306 g/mol. The van der Waals surface area contributed by atoms with Gasteiger partial charge in [0.05, 0.1) is 21.6 Å². The zero-order valence-electron chi connectivity index (χ0n) is 10.3. The number of nitrogens with one attached hydrogen (secondary N) is 1. The number of anilines is 3. The molecule has 0 atom stereocenters. The first-order valence-corrected chi connectivity index (χ1v) is 6.58. The van der Waals surface area contributed by atoms with E-state index in [9.17, 15) is 17.6 Å². The first kappa shape index (κ1) is 13.6. The number of rotatable bonds is 2. The zero-order valence-corrected chi connectivity index (χ0v) is 11.1. The molecule has 0 bridgehead atoms. The first-order valence-electron chi connectivity index (χ1n) is 5.70. The molecule has 0 spiro atoms. The van der Waals surface area contributed by atoms with Crippen molar-refractivity contribution >= 4 is 38.6 Å². The van der Waals surface area contributed by atoms with Gasteiger partial charge in [-0.3, -0.25) is 0 Å². The number of aromatic nitrogens is 1. The summed E-state index contributed by atoms with van der Waals surface area (Å²) < 4.78 is 54.3. The lowest BCUT2D eigenvalue weighted by Crippen LogP contribution is -2.04. The minimum atomic E-state index is -1.52. The normalized spacial score (nSPS) is 11.0. The van der Waals surface area contributed by atoms with E-state index >= 15 is 0 Å². The lowest BCUT2D eigenvalue weighted by Gasteiger charge is -2.12. The molecule has 3 aromatic rings. The molecule has 0 saturated carbocycles. The van der Waals surface area contributed by atoms with Crippen LogP contribution in [0, 0.1) is 23.3 Å². The third-order valence-corrected chi connectivity index (χ3v) is 3.71. The smallest absolute Gasteiger partial charge is 0.185 e. The van der Waals surface area contributed by atoms with Crippen LogP contribution in [-0.2, 0) is 0 Å². The molecule has 3 nitrogen and oxygen atoms in total. The molecular formula is C13H7F4N3S. The van der Waals surface area contributed by atoms with Crippen molar-refractivity contribution in [1.82, 2.24) is 4.98 Å². The number of nitrogens with two attached hydrogens (primary N) is 1. The van der Waals surface area contributed by atoms with Gasteiger partial charge in [0.1, 0.15) is 11.2 Å². The Morgan fingerprint density at radius 1 is 1.05 bits per heavy atom. The maximum atomic E-state index is 13.6. The molecule has 3 rings (SSSR count). The fourth-order valence-corrected chi connectivity index (χ4v) is 2.57. The minimum absolute atomic E-state index is 0.108. The standard InChI is InChI=1S/C13H7F4N3S/c14-5-3-6(15)10(17)13(9(5)16)20-7-1-2-8-12(11(7)18)19-4-21-8/h1-4,20H,18H2. The van der Waals surface area contributed by atoms with E-state index in [4.69, 9.17) is 5.73 Å². The highest BCUT2D eigenvalue weighted by molar-refractivity contribution is 7.16. The lowest BCUT2D eigenvalue weighted by atomic mass is 10.2. The monoisotopic (exact) mass is 313 g/mol. The van der Waals surface area contributed by atoms with Gasteiger partial charge in [-0.05, 0) is 12.1 Å². The van der Waals surface area contributed by atoms with Crippen molar-refractivity contribution in [2.24, 2.45) is 0 Å². The van der Waals surface area contributed by atoms with Gasteiger partial charge in [-0.2, -0.15) is 0 Å². The summed E-state index contributed by atoms with van der Waals surface area (Å²) in [6.07, 6.45) is 0. The van der Waals surface area contributed by atoms with Crippen LogP contribution in [0.25, 0.3) is 10.2 Å². The molecule has 0 aliphatic carbocycles. The fraction of sp³-hybridized carbons (Fsp3) is 0. The molecule has 0 aliphatic heterocycles. The predicted octanol–water partition coefficient (Wildman–Crippen LogP) is 4.18. The molecule has 21 heavy (non-hydrogen) atoms. The van der Waals surface area contributed by atoms with E-state index in [1.54, 1.807) is 11.6 Å². The summed E-state index contributed by atoms with van der Waals surface area (Å²) in [5.74, 6) is -6.03. The van der Waals surface area contributed by atoms with Crippen LogP contribution in [0.3, 0.4) is 0 Å². The van der Waals surface area contributed by atoms with Crippen molar-refractivity contribution in [1.29, 1.82) is 0 Å². The van der Waals surface area contributed by atoms with Crippen LogP contribution in [0.5, 0.6) is 0 Å². The summed E-state index contributed by atoms with van der Waals surface area (Å²) in [5.41, 5.74) is 7.15. The first-order chi connectivity index (χ1) is 9.99. The van der Waals surface area contributed by atoms with Crippen molar-refractivity contribution in [3.05, 3.63) is 47.0 Å². The minimum Gasteiger partial charge on any atom is -0.395 e. The van der Waals surface area contributed by atoms with Gasteiger partial charge in [0.2, 0.25) is 0 Å². The Kier molecular flexibility index (Phi) is 3.17. The molecule has 2 aromatic carbocycles. The Balaban J connectivity index is 2.13. The molecule has 3 N–H and O–H groups in total. The maximum absolute atomic E-state index is 13.6. The molecule has 1 aromatic heterocycles. The second-order valence-electron chi connectivity index (χ2n) is 4.19. The third kappa shape index (κ3) is 2.17. The maximum Gasteiger partial charge on any atom is 0.185 e. The van der Waals surface area contributed by atoms with E-state index in [0.29, 0.717) is 5.52 Å². The van der Waals surface area contributed by atoms with Crippen molar-refractivity contribution in [3.63, 3.8) is 0 Å². The molecule has 0 fully saturated rings. The molecule has 0 amide bonds. The highest BCUT2D eigenvalue weighted by Crippen LogP contribution is 2.34. The van der Waals surface area contributed by atoms with Crippen molar-refractivity contribution in [2.75, 3.05) is 11.1 Å². The van der Waals surface area contributed by atoms with Crippen LogP contribution in [-0.4, -0.2) is 4.98 Å². The summed E-state index contributed by atoms with van der Waals surface area (Å²) in [7, 11) is 0. The van der Waals surface area contributed by atoms with Gasteiger partial charge in [0, 0.05) is 6.07 Å². The summed E-state index contributed by atoms with van der Waals surface area (Å²) in [6, 6.07) is 3.23. The molecule has 0 unspecified atom stereocenters. The summed E-state index contributed by atoms with van der Waals surface area (Å²) in [6.45, 7) is 0. The van der Waals surface area contributed by atoms with E-state index in [2.05, 4.69) is 10.3 Å². The number of thiazole rings is 1. The number of benzene rings is 2. The predicted molar refractivity (Wildman–Crippen MR) is 73.6 cm³/mol. The largest absolute Gasteiger partial charge is 0.395 e. The van der Waals surface area contributed by atoms with E-state index in [1.807, 2.05) is 0 Å². The number of fused-ring (bicyclic) bond motifs is 1. The van der Waals surface area contributed by atoms with E-state index in [1.165, 1.54) is 17.4 Å². The van der Waals surface area contributed by atoms with Gasteiger partial charge in [-0.15, -0.1) is 11.3 Å². The Labute approximate surface area is 120 Å². The quantitative estimate of drug-likeness (QED) is 0.424. The number of nitrogens with zero attached hydrogens (tertiary/aromatic N) is 1. The molecule has 0 saturated heterocycles. The van der Waals surface area contributed by atoms with E-state index in [0.717, 1.165) is 4.70 Å². The van der Waals surface area contributed by atoms with Crippen LogP contribution in [0.1, 0.15) is 0 Å². The number of nitrogen functional groups attached to an aromatic ring is 1. The fourth-order valence-electron chi connectivity index (χ4n) is 1.88. The van der Waals surface area contributed by atoms with Crippen LogP contribution >= 0.6 is 11.3 Å². The Hall–Kier alpha value is -2.35. The second kappa shape index (κ2) is 4.88. The summed E-state index contributed by atoms with van der Waals surface area (Å²) in [4.78, 5) is 4.02. The van der Waals surface area contributed by atoms with Crippen molar-refractivity contribution < 1.29 is 17.6 Å². The average Bonchev–Trinajstić information content (AvgIpc) is 2.93. The highest BCUT2D eigenvalue weighted by atomic mass is 32.1. The summed E-state index contributed by atoms with van der Waals surface area (Å²) >= 11 is 1.34. The van der Waals surface area contributed by atoms with Crippen molar-refractivity contribution in [2.45, 2.75) is 0 Å². The van der Waals surface area contributed by atoms with Gasteiger partial charge >= 0.3 is 0 Å². The second-order valence-corrected chi connectivity index (χ2v) is 5.08. The van der Waals surface area contributed by atoms with Crippen molar-refractivity contribution in [3.8, 4) is 0 Å². The Morgan fingerprint density at radius 2 is 1.71 bits per heavy atom. The Bertz CT molecular complexity index is 821. The molecule has 108 valence electrons. The highest BCUT2D eigenvalue weighted by Gasteiger charge is 2.20. The molecule has 8 heteroatoms. The van der Waals surface area contributed by atoms with Gasteiger partial charge in [-0.25, -0.2) is 22.5 Å². The van der Waals surface area contributed by atoms with Gasteiger partial charge in [-0.1, -0.05) is 0 Å². The lowest BCUT2D eigenvalue weighted by molar-refractivity contribution is 0.459. The Morgan fingerprint density at radius 3 is 2.38 bits per heavy atom. The zero-order chi connectivity index (χ0) is 15.1. The molecule has 1 heterocycles. The van der Waals surface area contributed by atoms with Gasteiger partial charge < -0.3 is 11.1 Å². The average molecular weight is 313 g/mol. The van der Waals surface area contributed by atoms with E-state index in [-0.39, 0.29) is 17.4 Å². The van der Waals surface area contributed by atoms with Crippen LogP contribution in [0.15, 0.2) is 23.7 Å². The number of halogens is 4. The van der Waals surface area contributed by atoms with Gasteiger partial charge in [0.25, 0.3) is 0 Å². The van der Waals surface area contributed by atoms with Crippen LogP contribution in [0.2, 0.25) is 0 Å². The summed E-state index contributed by atoms with van der Waals surface area (Å²) in [5, 5.41) is 2.28. The number of hydrogen-bond donors (Lipinski definition) is 2. The van der Waals surface area contributed by atoms with Crippen LogP contribution < -0.4 is 11.1 Å². The molecule has 0 radical (unpaired) electrons.